The molecule has 0 bridgehead atoms. The molecule has 32 heavy (non-hydrogen) atoms. The summed E-state index contributed by atoms with van der Waals surface area (Å²) in [6.45, 7) is 0.104. The van der Waals surface area contributed by atoms with Crippen LogP contribution in [0.3, 0.4) is 0 Å². The van der Waals surface area contributed by atoms with E-state index in [-0.39, 0.29) is 29.2 Å². The van der Waals surface area contributed by atoms with Crippen LogP contribution in [0.15, 0.2) is 76.5 Å². The lowest BCUT2D eigenvalue weighted by molar-refractivity contribution is 0.0934. The molecule has 1 amide bonds. The van der Waals surface area contributed by atoms with Gasteiger partial charge in [-0.25, -0.2) is 8.42 Å². The Bertz CT molecular complexity index is 1290. The van der Waals surface area contributed by atoms with Crippen molar-refractivity contribution in [3.8, 4) is 11.5 Å². The predicted molar refractivity (Wildman–Crippen MR) is 122 cm³/mol. The predicted octanol–water partition coefficient (Wildman–Crippen LogP) is 4.18. The maximum absolute atomic E-state index is 12.9. The molecular formula is C23H20N2O5S2. The van der Waals surface area contributed by atoms with Crippen LogP contribution in [-0.2, 0) is 10.0 Å². The molecule has 3 aromatic rings. The van der Waals surface area contributed by atoms with E-state index in [2.05, 4.69) is 10.0 Å². The van der Waals surface area contributed by atoms with Crippen molar-refractivity contribution in [2.24, 2.45) is 0 Å². The van der Waals surface area contributed by atoms with Gasteiger partial charge >= 0.3 is 0 Å². The molecule has 7 nitrogen and oxygen atoms in total. The smallest absolute Gasteiger partial charge is 0.261 e. The fourth-order valence-electron chi connectivity index (χ4n) is 3.71. The second kappa shape index (κ2) is 8.40. The molecule has 0 unspecified atom stereocenters. The Labute approximate surface area is 190 Å². The van der Waals surface area contributed by atoms with E-state index in [1.807, 2.05) is 24.3 Å². The molecule has 0 saturated heterocycles. The summed E-state index contributed by atoms with van der Waals surface area (Å²) >= 11 is 1.77. The van der Waals surface area contributed by atoms with Gasteiger partial charge in [0.25, 0.3) is 15.9 Å². The van der Waals surface area contributed by atoms with E-state index >= 15 is 0 Å². The van der Waals surface area contributed by atoms with Crippen LogP contribution in [0.1, 0.15) is 28.4 Å². The van der Waals surface area contributed by atoms with E-state index < -0.39 is 10.0 Å². The second-order valence-electron chi connectivity index (χ2n) is 7.40. The molecule has 2 aliphatic rings. The number of nitrogens with one attached hydrogen (secondary N) is 2. The largest absolute Gasteiger partial charge is 0.454 e. The highest BCUT2D eigenvalue weighted by molar-refractivity contribution is 7.99. The van der Waals surface area contributed by atoms with Crippen LogP contribution < -0.4 is 19.5 Å². The van der Waals surface area contributed by atoms with E-state index in [0.717, 1.165) is 22.6 Å². The van der Waals surface area contributed by atoms with Crippen molar-refractivity contribution in [2.75, 3.05) is 17.3 Å². The molecule has 164 valence electrons. The van der Waals surface area contributed by atoms with Crippen molar-refractivity contribution >= 4 is 33.4 Å². The van der Waals surface area contributed by atoms with Crippen molar-refractivity contribution in [1.82, 2.24) is 5.32 Å². The summed E-state index contributed by atoms with van der Waals surface area (Å²) in [5.41, 5.74) is 1.72. The van der Waals surface area contributed by atoms with Crippen molar-refractivity contribution in [3.05, 3.63) is 77.9 Å². The third kappa shape index (κ3) is 4.13. The summed E-state index contributed by atoms with van der Waals surface area (Å²) < 4.78 is 38.9. The van der Waals surface area contributed by atoms with Gasteiger partial charge in [-0.15, -0.1) is 11.8 Å². The van der Waals surface area contributed by atoms with Crippen LogP contribution in [0.2, 0.25) is 0 Å². The van der Waals surface area contributed by atoms with E-state index in [0.29, 0.717) is 17.2 Å². The number of rotatable bonds is 5. The Morgan fingerprint density at radius 3 is 2.72 bits per heavy atom. The molecule has 9 heteroatoms. The second-order valence-corrected chi connectivity index (χ2v) is 10.2. The molecule has 5 rings (SSSR count). The van der Waals surface area contributed by atoms with Gasteiger partial charge in [0.2, 0.25) is 6.79 Å². The summed E-state index contributed by atoms with van der Waals surface area (Å²) in [6, 6.07) is 18.7. The van der Waals surface area contributed by atoms with E-state index in [4.69, 9.17) is 9.47 Å². The highest BCUT2D eigenvalue weighted by Gasteiger charge is 2.24. The third-order valence-electron chi connectivity index (χ3n) is 5.30. The normalized spacial score (nSPS) is 16.8. The number of anilines is 1. The third-order valence-corrected chi connectivity index (χ3v) is 7.80. The molecule has 0 saturated carbocycles. The Kier molecular flexibility index (Phi) is 5.44. The van der Waals surface area contributed by atoms with Gasteiger partial charge in [-0.05, 0) is 48.4 Å². The standard InChI is InChI=1S/C23H20N2O5S2/c26-23(24-19-10-11-31-22-7-2-1-6-18(19)22)15-4-3-5-17(12-15)32(27,28)25-16-8-9-20-21(13-16)30-14-29-20/h1-9,12-13,19,25H,10-11,14H2,(H,24,26)/t19-/m1/s1. The molecule has 1 atom stereocenters. The Morgan fingerprint density at radius 1 is 0.969 bits per heavy atom. The summed E-state index contributed by atoms with van der Waals surface area (Å²) in [5.74, 6) is 1.64. The highest BCUT2D eigenvalue weighted by Crippen LogP contribution is 2.36. The number of thioether (sulfide) groups is 1. The molecule has 0 radical (unpaired) electrons. The van der Waals surface area contributed by atoms with E-state index in [9.17, 15) is 13.2 Å². The van der Waals surface area contributed by atoms with Gasteiger partial charge in [-0.1, -0.05) is 24.3 Å². The average molecular weight is 469 g/mol. The quantitative estimate of drug-likeness (QED) is 0.583. The molecule has 0 fully saturated rings. The first-order chi connectivity index (χ1) is 15.5. The fraction of sp³-hybridized carbons (Fsp3) is 0.174. The number of sulfonamides is 1. The van der Waals surface area contributed by atoms with E-state index in [1.54, 1.807) is 42.1 Å². The van der Waals surface area contributed by atoms with Crippen molar-refractivity contribution in [3.63, 3.8) is 0 Å². The van der Waals surface area contributed by atoms with Gasteiger partial charge in [0.15, 0.2) is 11.5 Å². The number of benzene rings is 3. The van der Waals surface area contributed by atoms with Gasteiger partial charge in [-0.2, -0.15) is 0 Å². The lowest BCUT2D eigenvalue weighted by atomic mass is 10.0. The number of fused-ring (bicyclic) bond motifs is 2. The first-order valence-electron chi connectivity index (χ1n) is 10.0. The average Bonchev–Trinajstić information content (AvgIpc) is 3.27. The van der Waals surface area contributed by atoms with Crippen molar-refractivity contribution < 1.29 is 22.7 Å². The summed E-state index contributed by atoms with van der Waals surface area (Å²) in [5, 5.41) is 3.05. The van der Waals surface area contributed by atoms with Crippen molar-refractivity contribution in [1.29, 1.82) is 0 Å². The van der Waals surface area contributed by atoms with Gasteiger partial charge in [0.05, 0.1) is 16.6 Å². The lowest BCUT2D eigenvalue weighted by Gasteiger charge is -2.26. The SMILES string of the molecule is O=C(N[C@@H]1CCSc2ccccc21)c1cccc(S(=O)(=O)Nc2ccc3c(c2)OCO3)c1. The number of carbonyl (C=O) groups is 1. The molecular weight excluding hydrogens is 448 g/mol. The number of carbonyl (C=O) groups excluding carboxylic acids is 1. The van der Waals surface area contributed by atoms with Gasteiger partial charge in [0.1, 0.15) is 0 Å². The maximum Gasteiger partial charge on any atom is 0.261 e. The molecule has 2 heterocycles. The number of hydrogen-bond donors (Lipinski definition) is 2. The minimum atomic E-state index is -3.90. The zero-order valence-electron chi connectivity index (χ0n) is 16.9. The van der Waals surface area contributed by atoms with Crippen molar-refractivity contribution in [2.45, 2.75) is 22.3 Å². The van der Waals surface area contributed by atoms with Gasteiger partial charge in [-0.3, -0.25) is 9.52 Å². The molecule has 3 aromatic carbocycles. The van der Waals surface area contributed by atoms with Crippen LogP contribution in [-0.4, -0.2) is 26.9 Å². The lowest BCUT2D eigenvalue weighted by Crippen LogP contribution is -2.30. The molecule has 0 aromatic heterocycles. The molecule has 2 aliphatic heterocycles. The van der Waals surface area contributed by atoms with Crippen LogP contribution in [0.25, 0.3) is 0 Å². The first-order valence-corrected chi connectivity index (χ1v) is 12.5. The van der Waals surface area contributed by atoms with Crippen LogP contribution in [0, 0.1) is 0 Å². The molecule has 2 N–H and O–H groups in total. The Balaban J connectivity index is 1.34. The highest BCUT2D eigenvalue weighted by atomic mass is 32.2. The Hall–Kier alpha value is -3.17. The zero-order valence-corrected chi connectivity index (χ0v) is 18.5. The van der Waals surface area contributed by atoms with Gasteiger partial charge in [0, 0.05) is 22.3 Å². The van der Waals surface area contributed by atoms with Crippen LogP contribution in [0.4, 0.5) is 5.69 Å². The summed E-state index contributed by atoms with van der Waals surface area (Å²) in [7, 11) is -3.90. The summed E-state index contributed by atoms with van der Waals surface area (Å²) in [4.78, 5) is 14.1. The minimum Gasteiger partial charge on any atom is -0.454 e. The summed E-state index contributed by atoms with van der Waals surface area (Å²) in [6.07, 6.45) is 0.817. The Morgan fingerprint density at radius 2 is 1.81 bits per heavy atom. The van der Waals surface area contributed by atoms with Crippen LogP contribution >= 0.6 is 11.8 Å². The maximum atomic E-state index is 12.9. The first kappa shape index (κ1) is 20.7. The number of hydrogen-bond acceptors (Lipinski definition) is 6. The fourth-order valence-corrected chi connectivity index (χ4v) is 5.93. The monoisotopic (exact) mass is 468 g/mol. The van der Waals surface area contributed by atoms with Crippen LogP contribution in [0.5, 0.6) is 11.5 Å². The number of ether oxygens (including phenoxy) is 2. The zero-order chi connectivity index (χ0) is 22.1. The molecule has 0 aliphatic carbocycles. The van der Waals surface area contributed by atoms with Gasteiger partial charge < -0.3 is 14.8 Å². The van der Waals surface area contributed by atoms with E-state index in [1.165, 1.54) is 12.1 Å². The topological polar surface area (TPSA) is 93.7 Å². The minimum absolute atomic E-state index is 0.00224. The molecule has 0 spiro atoms. The number of amides is 1.